The van der Waals surface area contributed by atoms with Gasteiger partial charge in [-0.2, -0.15) is 0 Å². The summed E-state index contributed by atoms with van der Waals surface area (Å²) in [6, 6.07) is 0. The second-order valence-electron chi connectivity index (χ2n) is 8.77. The molecule has 0 bridgehead atoms. The van der Waals surface area contributed by atoms with Gasteiger partial charge in [-0.15, -0.1) is 0 Å². The van der Waals surface area contributed by atoms with Gasteiger partial charge in [0.05, 0.1) is 6.17 Å². The van der Waals surface area contributed by atoms with Crippen molar-refractivity contribution >= 4 is 0 Å². The van der Waals surface area contributed by atoms with E-state index in [1.807, 2.05) is 0 Å². The summed E-state index contributed by atoms with van der Waals surface area (Å²) in [5.41, 5.74) is 12.6. The van der Waals surface area contributed by atoms with Crippen LogP contribution in [0.15, 0.2) is 0 Å². The molecular formula is C18H40N2. The third-order valence-corrected chi connectivity index (χ3v) is 4.27. The van der Waals surface area contributed by atoms with E-state index in [4.69, 9.17) is 11.5 Å². The van der Waals surface area contributed by atoms with Crippen LogP contribution in [0, 0.1) is 16.7 Å². The fourth-order valence-electron chi connectivity index (χ4n) is 2.93. The fraction of sp³-hybridized carbons (Fsp3) is 1.00. The Hall–Kier alpha value is -0.0800. The van der Waals surface area contributed by atoms with E-state index >= 15 is 0 Å². The third kappa shape index (κ3) is 10.7. The largest absolute Gasteiger partial charge is 0.316 e. The maximum Gasteiger partial charge on any atom is 0.0555 e. The molecule has 1 unspecified atom stereocenters. The molecule has 0 rings (SSSR count). The van der Waals surface area contributed by atoms with Crippen molar-refractivity contribution in [3.63, 3.8) is 0 Å². The first kappa shape index (κ1) is 19.9. The van der Waals surface area contributed by atoms with Crippen LogP contribution >= 0.6 is 0 Å². The quantitative estimate of drug-likeness (QED) is 0.459. The molecule has 0 aromatic rings. The van der Waals surface area contributed by atoms with Crippen molar-refractivity contribution in [2.24, 2.45) is 28.2 Å². The summed E-state index contributed by atoms with van der Waals surface area (Å²) < 4.78 is 0. The van der Waals surface area contributed by atoms with Crippen molar-refractivity contribution in [2.75, 3.05) is 0 Å². The van der Waals surface area contributed by atoms with Gasteiger partial charge in [0.2, 0.25) is 0 Å². The van der Waals surface area contributed by atoms with Crippen molar-refractivity contribution in [3.05, 3.63) is 0 Å². The molecule has 20 heavy (non-hydrogen) atoms. The Morgan fingerprint density at radius 1 is 0.700 bits per heavy atom. The lowest BCUT2D eigenvalue weighted by Crippen LogP contribution is -2.44. The summed E-state index contributed by atoms with van der Waals surface area (Å²) in [6.07, 6.45) is 10.4. The Morgan fingerprint density at radius 2 is 1.15 bits per heavy atom. The molecule has 0 heterocycles. The molecule has 0 aliphatic rings. The van der Waals surface area contributed by atoms with E-state index in [1.165, 1.54) is 51.4 Å². The van der Waals surface area contributed by atoms with Crippen LogP contribution in [0.4, 0.5) is 0 Å². The first-order valence-corrected chi connectivity index (χ1v) is 8.55. The van der Waals surface area contributed by atoms with E-state index in [9.17, 15) is 0 Å². The lowest BCUT2D eigenvalue weighted by Gasteiger charge is -2.33. The number of nitrogens with two attached hydrogens (primary N) is 2. The number of rotatable bonds is 9. The Kier molecular flexibility index (Phi) is 9.01. The van der Waals surface area contributed by atoms with E-state index in [0.29, 0.717) is 11.3 Å². The summed E-state index contributed by atoms with van der Waals surface area (Å²) >= 11 is 0. The lowest BCUT2D eigenvalue weighted by molar-refractivity contribution is 0.185. The van der Waals surface area contributed by atoms with Crippen molar-refractivity contribution in [2.45, 2.75) is 99.1 Å². The standard InChI is InChI=1S/C18H40N2/c1-17(2,3)14-12-10-8-7-9-11-13-15(16(19)20)18(4,5)6/h15-16H,7-14,19-20H2,1-6H3. The van der Waals surface area contributed by atoms with Gasteiger partial charge in [-0.3, -0.25) is 0 Å². The monoisotopic (exact) mass is 284 g/mol. The summed E-state index contributed by atoms with van der Waals surface area (Å²) in [4.78, 5) is 0. The first-order valence-electron chi connectivity index (χ1n) is 8.55. The predicted octanol–water partition coefficient (Wildman–Crippen LogP) is 5.06. The molecule has 0 spiro atoms. The van der Waals surface area contributed by atoms with Gasteiger partial charge in [-0.05, 0) is 29.6 Å². The second kappa shape index (κ2) is 9.04. The molecule has 0 aliphatic carbocycles. The first-order chi connectivity index (χ1) is 9.04. The van der Waals surface area contributed by atoms with Crippen molar-refractivity contribution in [1.82, 2.24) is 0 Å². The normalized spacial score (nSPS) is 14.8. The fourth-order valence-corrected chi connectivity index (χ4v) is 2.93. The molecule has 0 radical (unpaired) electrons. The zero-order valence-electron chi connectivity index (χ0n) is 15.0. The van der Waals surface area contributed by atoms with Gasteiger partial charge >= 0.3 is 0 Å². The lowest BCUT2D eigenvalue weighted by atomic mass is 9.76. The molecule has 0 amide bonds. The Balaban J connectivity index is 3.61. The van der Waals surface area contributed by atoms with Gasteiger partial charge in [-0.25, -0.2) is 0 Å². The highest BCUT2D eigenvalue weighted by molar-refractivity contribution is 4.79. The summed E-state index contributed by atoms with van der Waals surface area (Å²) in [7, 11) is 0. The van der Waals surface area contributed by atoms with E-state index < -0.39 is 0 Å². The van der Waals surface area contributed by atoms with E-state index in [0.717, 1.165) is 0 Å². The molecule has 0 saturated heterocycles. The van der Waals surface area contributed by atoms with Crippen LogP contribution in [0.5, 0.6) is 0 Å². The number of unbranched alkanes of at least 4 members (excludes halogenated alkanes) is 5. The molecule has 2 nitrogen and oxygen atoms in total. The molecule has 0 aliphatic heterocycles. The molecular weight excluding hydrogens is 244 g/mol. The smallest absolute Gasteiger partial charge is 0.0555 e. The molecule has 0 aromatic carbocycles. The molecule has 122 valence electrons. The predicted molar refractivity (Wildman–Crippen MR) is 91.5 cm³/mol. The van der Waals surface area contributed by atoms with Gasteiger partial charge in [-0.1, -0.05) is 80.1 Å². The Morgan fingerprint density at radius 3 is 1.55 bits per heavy atom. The van der Waals surface area contributed by atoms with Crippen LogP contribution in [0.3, 0.4) is 0 Å². The van der Waals surface area contributed by atoms with Crippen LogP contribution < -0.4 is 11.5 Å². The van der Waals surface area contributed by atoms with E-state index in [2.05, 4.69) is 41.5 Å². The molecule has 4 N–H and O–H groups in total. The van der Waals surface area contributed by atoms with Crippen molar-refractivity contribution in [3.8, 4) is 0 Å². The average Bonchev–Trinajstić information content (AvgIpc) is 2.22. The summed E-state index contributed by atoms with van der Waals surface area (Å²) in [6.45, 7) is 13.7. The van der Waals surface area contributed by atoms with Gasteiger partial charge in [0, 0.05) is 0 Å². The van der Waals surface area contributed by atoms with Gasteiger partial charge in [0.25, 0.3) is 0 Å². The zero-order chi connectivity index (χ0) is 15.8. The minimum atomic E-state index is -0.179. The molecule has 0 aromatic heterocycles. The van der Waals surface area contributed by atoms with E-state index in [1.54, 1.807) is 0 Å². The van der Waals surface area contributed by atoms with Crippen molar-refractivity contribution < 1.29 is 0 Å². The molecule has 0 fully saturated rings. The highest BCUT2D eigenvalue weighted by atomic mass is 14.9. The van der Waals surface area contributed by atoms with Crippen LogP contribution in [0.2, 0.25) is 0 Å². The Bertz CT molecular complexity index is 233. The highest BCUT2D eigenvalue weighted by Crippen LogP contribution is 2.31. The highest BCUT2D eigenvalue weighted by Gasteiger charge is 2.27. The zero-order valence-corrected chi connectivity index (χ0v) is 15.0. The van der Waals surface area contributed by atoms with Crippen LogP contribution in [0.1, 0.15) is 92.9 Å². The SMILES string of the molecule is CC(C)(C)CCCCCCCCC(C(N)N)C(C)(C)C. The third-order valence-electron chi connectivity index (χ3n) is 4.27. The Labute approximate surface area is 128 Å². The molecule has 1 atom stereocenters. The maximum atomic E-state index is 5.92. The summed E-state index contributed by atoms with van der Waals surface area (Å²) in [5, 5.41) is 0. The topological polar surface area (TPSA) is 52.0 Å². The van der Waals surface area contributed by atoms with E-state index in [-0.39, 0.29) is 11.6 Å². The molecule has 2 heteroatoms. The number of hydrogen-bond donors (Lipinski definition) is 2. The van der Waals surface area contributed by atoms with Crippen LogP contribution in [-0.2, 0) is 0 Å². The van der Waals surface area contributed by atoms with Crippen LogP contribution in [0.25, 0.3) is 0 Å². The number of hydrogen-bond acceptors (Lipinski definition) is 2. The van der Waals surface area contributed by atoms with Crippen LogP contribution in [-0.4, -0.2) is 6.17 Å². The second-order valence-corrected chi connectivity index (χ2v) is 8.77. The minimum Gasteiger partial charge on any atom is -0.316 e. The van der Waals surface area contributed by atoms with Gasteiger partial charge in [0.1, 0.15) is 0 Å². The molecule has 0 saturated carbocycles. The van der Waals surface area contributed by atoms with Crippen molar-refractivity contribution in [1.29, 1.82) is 0 Å². The maximum absolute atomic E-state index is 5.92. The minimum absolute atomic E-state index is 0.179. The average molecular weight is 285 g/mol. The van der Waals surface area contributed by atoms with Gasteiger partial charge < -0.3 is 11.5 Å². The summed E-state index contributed by atoms with van der Waals surface area (Å²) in [5.74, 6) is 0.434. The van der Waals surface area contributed by atoms with Gasteiger partial charge in [0.15, 0.2) is 0 Å².